The quantitative estimate of drug-likeness (QED) is 0.800. The Bertz CT molecular complexity index is 738. The maximum atomic E-state index is 12.2. The number of benzene rings is 1. The van der Waals surface area contributed by atoms with Gasteiger partial charge in [0.2, 0.25) is 11.8 Å². The summed E-state index contributed by atoms with van der Waals surface area (Å²) in [4.78, 5) is 16.4. The number of amides is 1. The van der Waals surface area contributed by atoms with Gasteiger partial charge in [0.15, 0.2) is 0 Å². The molecule has 7 heteroatoms. The monoisotopic (exact) mass is 397 g/mol. The summed E-state index contributed by atoms with van der Waals surface area (Å²) >= 11 is 0. The number of aryl methyl sites for hydroxylation is 2. The number of aromatic nitrogens is 1. The van der Waals surface area contributed by atoms with Crippen molar-refractivity contribution in [1.29, 1.82) is 0 Å². The first-order chi connectivity index (χ1) is 11.5. The van der Waals surface area contributed by atoms with Gasteiger partial charge in [-0.25, -0.2) is 4.98 Å². The zero-order valence-electron chi connectivity index (χ0n) is 14.9. The number of pyridine rings is 1. The minimum absolute atomic E-state index is 0. The zero-order valence-corrected chi connectivity index (χ0v) is 16.5. The predicted octanol–water partition coefficient (Wildman–Crippen LogP) is 4.40. The molecule has 3 N–H and O–H groups in total. The largest absolute Gasteiger partial charge is 0.439 e. The van der Waals surface area contributed by atoms with Gasteiger partial charge < -0.3 is 15.8 Å². The number of carbonyl (C=O) groups is 1. The maximum Gasteiger partial charge on any atom is 0.227 e. The van der Waals surface area contributed by atoms with Crippen molar-refractivity contribution in [3.8, 4) is 11.6 Å². The molecule has 0 radical (unpaired) electrons. The van der Waals surface area contributed by atoms with E-state index in [4.69, 9.17) is 10.5 Å². The summed E-state index contributed by atoms with van der Waals surface area (Å²) in [6.45, 7) is 4.11. The fraction of sp³-hybridized carbons (Fsp3) is 0.368. The van der Waals surface area contributed by atoms with Crippen LogP contribution in [0.2, 0.25) is 0 Å². The minimum Gasteiger partial charge on any atom is -0.439 e. The van der Waals surface area contributed by atoms with Crippen LogP contribution < -0.4 is 15.8 Å². The summed E-state index contributed by atoms with van der Waals surface area (Å²) in [6, 6.07) is 9.62. The first-order valence-electron chi connectivity index (χ1n) is 8.29. The van der Waals surface area contributed by atoms with Crippen LogP contribution in [0.25, 0.3) is 0 Å². The van der Waals surface area contributed by atoms with Crippen LogP contribution in [0.1, 0.15) is 30.4 Å². The number of nitrogens with one attached hydrogen (secondary N) is 1. The Morgan fingerprint density at radius 3 is 2.50 bits per heavy atom. The number of nitrogens with zero attached hydrogens (tertiary/aromatic N) is 1. The minimum atomic E-state index is 0. The van der Waals surface area contributed by atoms with E-state index < -0.39 is 0 Å². The normalized spacial score (nSPS) is 18.4. The molecule has 1 aliphatic rings. The molecule has 1 heterocycles. The number of halogens is 2. The molecule has 3 rings (SSSR count). The van der Waals surface area contributed by atoms with Crippen molar-refractivity contribution in [3.05, 3.63) is 47.7 Å². The van der Waals surface area contributed by atoms with Crippen LogP contribution >= 0.6 is 24.8 Å². The van der Waals surface area contributed by atoms with Gasteiger partial charge in [0, 0.05) is 18.0 Å². The summed E-state index contributed by atoms with van der Waals surface area (Å²) in [5, 5.41) is 2.90. The highest BCUT2D eigenvalue weighted by atomic mass is 35.5. The summed E-state index contributed by atoms with van der Waals surface area (Å²) in [7, 11) is 0. The number of hydrogen-bond donors (Lipinski definition) is 2. The van der Waals surface area contributed by atoms with Crippen LogP contribution in [0.3, 0.4) is 0 Å². The van der Waals surface area contributed by atoms with E-state index >= 15 is 0 Å². The summed E-state index contributed by atoms with van der Waals surface area (Å²) in [5.41, 5.74) is 8.93. The van der Waals surface area contributed by atoms with Crippen molar-refractivity contribution >= 4 is 36.4 Å². The third kappa shape index (κ3) is 5.59. The van der Waals surface area contributed by atoms with E-state index in [1.54, 1.807) is 18.3 Å². The average molecular weight is 398 g/mol. The number of carbonyl (C=O) groups excluding carboxylic acids is 1. The van der Waals surface area contributed by atoms with E-state index in [0.717, 1.165) is 25.0 Å². The second-order valence-corrected chi connectivity index (χ2v) is 6.49. The molecule has 0 aliphatic heterocycles. The van der Waals surface area contributed by atoms with Crippen LogP contribution in [-0.4, -0.2) is 16.9 Å². The predicted molar refractivity (Wildman–Crippen MR) is 109 cm³/mol. The standard InChI is InChI=1S/C19H23N3O2.2ClH/c1-12-3-7-17(9-13(12)2)24-18-8-6-16(11-21-18)22-19(23)14-4-5-15(20)10-14;;/h3,6-9,11,14-15H,4-5,10,20H2,1-2H3,(H,22,23);2*1H. The van der Waals surface area contributed by atoms with Crippen molar-refractivity contribution in [2.75, 3.05) is 5.32 Å². The molecule has 2 atom stereocenters. The molecule has 1 aliphatic carbocycles. The lowest BCUT2D eigenvalue weighted by atomic mass is 10.1. The molecular weight excluding hydrogens is 373 g/mol. The lowest BCUT2D eigenvalue weighted by molar-refractivity contribution is -0.119. The Labute approximate surface area is 166 Å². The Balaban J connectivity index is 0.00000169. The van der Waals surface area contributed by atoms with Crippen LogP contribution in [0, 0.1) is 19.8 Å². The van der Waals surface area contributed by atoms with Gasteiger partial charge in [-0.1, -0.05) is 6.07 Å². The zero-order chi connectivity index (χ0) is 17.1. The van der Waals surface area contributed by atoms with Gasteiger partial charge in [0.1, 0.15) is 5.75 Å². The molecule has 5 nitrogen and oxygen atoms in total. The van der Waals surface area contributed by atoms with Crippen LogP contribution in [0.4, 0.5) is 5.69 Å². The van der Waals surface area contributed by atoms with E-state index in [1.165, 1.54) is 11.1 Å². The Morgan fingerprint density at radius 1 is 1.15 bits per heavy atom. The Kier molecular flexibility index (Phi) is 8.34. The molecule has 1 amide bonds. The second kappa shape index (κ2) is 9.76. The SMILES string of the molecule is Cc1ccc(Oc2ccc(NC(=O)C3CCC(N)C3)cn2)cc1C.Cl.Cl. The third-order valence-electron chi connectivity index (χ3n) is 4.55. The lowest BCUT2D eigenvalue weighted by Gasteiger charge is -2.11. The fourth-order valence-electron chi connectivity index (χ4n) is 2.91. The Hall–Kier alpha value is -1.82. The van der Waals surface area contributed by atoms with Crippen molar-refractivity contribution in [2.45, 2.75) is 39.2 Å². The van der Waals surface area contributed by atoms with Gasteiger partial charge in [0.05, 0.1) is 11.9 Å². The van der Waals surface area contributed by atoms with Crippen molar-refractivity contribution < 1.29 is 9.53 Å². The lowest BCUT2D eigenvalue weighted by Crippen LogP contribution is -2.23. The Morgan fingerprint density at radius 2 is 1.92 bits per heavy atom. The highest BCUT2D eigenvalue weighted by Crippen LogP contribution is 2.26. The van der Waals surface area contributed by atoms with Gasteiger partial charge >= 0.3 is 0 Å². The fourth-order valence-corrected chi connectivity index (χ4v) is 2.91. The van der Waals surface area contributed by atoms with Crippen molar-refractivity contribution in [2.24, 2.45) is 11.7 Å². The maximum absolute atomic E-state index is 12.2. The molecule has 1 aromatic carbocycles. The van der Waals surface area contributed by atoms with Gasteiger partial charge in [0.25, 0.3) is 0 Å². The summed E-state index contributed by atoms with van der Waals surface area (Å²) in [5.74, 6) is 1.28. The van der Waals surface area contributed by atoms with Gasteiger partial charge in [-0.05, 0) is 62.4 Å². The molecule has 2 aromatic rings. The number of anilines is 1. The highest BCUT2D eigenvalue weighted by molar-refractivity contribution is 5.92. The first kappa shape index (κ1) is 22.2. The molecular formula is C19H25Cl2N3O2. The topological polar surface area (TPSA) is 77.2 Å². The van der Waals surface area contributed by atoms with Gasteiger partial charge in [-0.2, -0.15) is 0 Å². The van der Waals surface area contributed by atoms with Crippen LogP contribution in [-0.2, 0) is 4.79 Å². The van der Waals surface area contributed by atoms with Gasteiger partial charge in [-0.3, -0.25) is 4.79 Å². The van der Waals surface area contributed by atoms with Gasteiger partial charge in [-0.15, -0.1) is 24.8 Å². The van der Waals surface area contributed by atoms with E-state index in [2.05, 4.69) is 17.2 Å². The number of nitrogens with two attached hydrogens (primary N) is 1. The molecule has 142 valence electrons. The number of hydrogen-bond acceptors (Lipinski definition) is 4. The van der Waals surface area contributed by atoms with E-state index in [9.17, 15) is 4.79 Å². The molecule has 1 aromatic heterocycles. The molecule has 0 bridgehead atoms. The first-order valence-corrected chi connectivity index (χ1v) is 8.29. The van der Waals surface area contributed by atoms with Crippen molar-refractivity contribution in [3.63, 3.8) is 0 Å². The molecule has 0 spiro atoms. The summed E-state index contributed by atoms with van der Waals surface area (Å²) in [6.07, 6.45) is 4.14. The van der Waals surface area contributed by atoms with E-state index in [-0.39, 0.29) is 42.7 Å². The summed E-state index contributed by atoms with van der Waals surface area (Å²) < 4.78 is 5.75. The third-order valence-corrected chi connectivity index (χ3v) is 4.55. The van der Waals surface area contributed by atoms with Crippen LogP contribution in [0.5, 0.6) is 11.6 Å². The molecule has 2 unspecified atom stereocenters. The second-order valence-electron chi connectivity index (χ2n) is 6.49. The van der Waals surface area contributed by atoms with Crippen LogP contribution in [0.15, 0.2) is 36.5 Å². The van der Waals surface area contributed by atoms with E-state index in [1.807, 2.05) is 25.1 Å². The van der Waals surface area contributed by atoms with Crippen molar-refractivity contribution in [1.82, 2.24) is 4.98 Å². The number of ether oxygens (including phenoxy) is 1. The number of rotatable bonds is 4. The average Bonchev–Trinajstić information content (AvgIpc) is 2.99. The highest BCUT2D eigenvalue weighted by Gasteiger charge is 2.27. The smallest absolute Gasteiger partial charge is 0.227 e. The van der Waals surface area contributed by atoms with E-state index in [0.29, 0.717) is 11.6 Å². The molecule has 26 heavy (non-hydrogen) atoms. The molecule has 1 fully saturated rings. The molecule has 0 saturated heterocycles. The molecule has 1 saturated carbocycles.